The fourth-order valence-corrected chi connectivity index (χ4v) is 2.97. The van der Waals surface area contributed by atoms with Crippen molar-refractivity contribution < 1.29 is 9.13 Å². The number of anilines is 1. The molecule has 0 aliphatic carbocycles. The van der Waals surface area contributed by atoms with Gasteiger partial charge in [0.2, 0.25) is 0 Å². The van der Waals surface area contributed by atoms with Gasteiger partial charge >= 0.3 is 0 Å². The van der Waals surface area contributed by atoms with E-state index in [-0.39, 0.29) is 5.82 Å². The van der Waals surface area contributed by atoms with Crippen molar-refractivity contribution in [2.45, 2.75) is 6.61 Å². The SMILES string of the molecule is Fc1ccc(NN=Cc2c(OCc3ccccc3)ccc3ccccc23)cc1. The van der Waals surface area contributed by atoms with Crippen LogP contribution in [0, 0.1) is 5.82 Å². The van der Waals surface area contributed by atoms with E-state index in [1.54, 1.807) is 18.3 Å². The average Bonchev–Trinajstić information content (AvgIpc) is 2.75. The smallest absolute Gasteiger partial charge is 0.129 e. The van der Waals surface area contributed by atoms with Crippen LogP contribution in [0.15, 0.2) is 96.1 Å². The maximum absolute atomic E-state index is 13.0. The topological polar surface area (TPSA) is 33.6 Å². The molecule has 0 spiro atoms. The van der Waals surface area contributed by atoms with E-state index in [1.807, 2.05) is 60.7 Å². The highest BCUT2D eigenvalue weighted by molar-refractivity contribution is 6.02. The molecule has 0 atom stereocenters. The normalized spacial score (nSPS) is 11.0. The molecule has 3 nitrogen and oxygen atoms in total. The number of ether oxygens (including phenoxy) is 1. The lowest BCUT2D eigenvalue weighted by Crippen LogP contribution is -2.00. The number of hydrogen-bond acceptors (Lipinski definition) is 3. The molecule has 0 fully saturated rings. The van der Waals surface area contributed by atoms with E-state index in [1.165, 1.54) is 12.1 Å². The van der Waals surface area contributed by atoms with Crippen molar-refractivity contribution in [1.29, 1.82) is 0 Å². The molecule has 28 heavy (non-hydrogen) atoms. The van der Waals surface area contributed by atoms with Crippen molar-refractivity contribution in [2.75, 3.05) is 5.43 Å². The van der Waals surface area contributed by atoms with Crippen LogP contribution < -0.4 is 10.2 Å². The Hall–Kier alpha value is -3.66. The molecular formula is C24H19FN2O. The van der Waals surface area contributed by atoms with Gasteiger partial charge in [-0.15, -0.1) is 0 Å². The van der Waals surface area contributed by atoms with Crippen LogP contribution in [0.3, 0.4) is 0 Å². The molecule has 4 heteroatoms. The highest BCUT2D eigenvalue weighted by Gasteiger charge is 2.07. The van der Waals surface area contributed by atoms with E-state index < -0.39 is 0 Å². The first-order valence-corrected chi connectivity index (χ1v) is 9.03. The first-order chi connectivity index (χ1) is 13.8. The van der Waals surface area contributed by atoms with Gasteiger partial charge in [0, 0.05) is 5.56 Å². The third-order valence-corrected chi connectivity index (χ3v) is 4.40. The zero-order valence-corrected chi connectivity index (χ0v) is 15.2. The Morgan fingerprint density at radius 1 is 0.821 bits per heavy atom. The molecule has 0 saturated carbocycles. The van der Waals surface area contributed by atoms with Crippen molar-refractivity contribution in [3.05, 3.63) is 108 Å². The quantitative estimate of drug-likeness (QED) is 0.333. The second-order valence-electron chi connectivity index (χ2n) is 6.35. The summed E-state index contributed by atoms with van der Waals surface area (Å²) in [7, 11) is 0. The number of halogens is 1. The second-order valence-corrected chi connectivity index (χ2v) is 6.35. The van der Waals surface area contributed by atoms with Crippen LogP contribution >= 0.6 is 0 Å². The van der Waals surface area contributed by atoms with E-state index in [2.05, 4.69) is 16.6 Å². The van der Waals surface area contributed by atoms with E-state index in [0.29, 0.717) is 12.3 Å². The van der Waals surface area contributed by atoms with Crippen LogP contribution in [0.1, 0.15) is 11.1 Å². The predicted molar refractivity (Wildman–Crippen MR) is 112 cm³/mol. The fourth-order valence-electron chi connectivity index (χ4n) is 2.97. The van der Waals surface area contributed by atoms with Gasteiger partial charge in [0.1, 0.15) is 18.2 Å². The molecule has 1 N–H and O–H groups in total. The summed E-state index contributed by atoms with van der Waals surface area (Å²) in [5.41, 5.74) is 5.64. The van der Waals surface area contributed by atoms with Gasteiger partial charge in [-0.2, -0.15) is 5.10 Å². The molecule has 138 valence electrons. The molecule has 4 aromatic rings. The van der Waals surface area contributed by atoms with Gasteiger partial charge in [0.25, 0.3) is 0 Å². The van der Waals surface area contributed by atoms with Gasteiger partial charge in [-0.05, 0) is 46.7 Å². The summed E-state index contributed by atoms with van der Waals surface area (Å²) in [6.45, 7) is 0.478. The molecule has 0 amide bonds. The van der Waals surface area contributed by atoms with Gasteiger partial charge in [-0.25, -0.2) is 4.39 Å². The predicted octanol–water partition coefficient (Wildman–Crippen LogP) is 6.00. The molecule has 0 aliphatic heterocycles. The van der Waals surface area contributed by atoms with E-state index in [0.717, 1.165) is 27.6 Å². The molecule has 4 aromatic carbocycles. The molecule has 0 radical (unpaired) electrons. The molecule has 0 unspecified atom stereocenters. The highest BCUT2D eigenvalue weighted by atomic mass is 19.1. The number of nitrogens with zero attached hydrogens (tertiary/aromatic N) is 1. The Labute approximate surface area is 163 Å². The Kier molecular flexibility index (Phi) is 5.29. The largest absolute Gasteiger partial charge is 0.488 e. The third-order valence-electron chi connectivity index (χ3n) is 4.40. The highest BCUT2D eigenvalue weighted by Crippen LogP contribution is 2.27. The summed E-state index contributed by atoms with van der Waals surface area (Å²) < 4.78 is 19.1. The van der Waals surface area contributed by atoms with E-state index in [9.17, 15) is 4.39 Å². The number of fused-ring (bicyclic) bond motifs is 1. The van der Waals surface area contributed by atoms with Gasteiger partial charge in [-0.1, -0.05) is 60.7 Å². The number of rotatable bonds is 6. The van der Waals surface area contributed by atoms with E-state index in [4.69, 9.17) is 4.74 Å². The van der Waals surface area contributed by atoms with Crippen molar-refractivity contribution >= 4 is 22.7 Å². The number of benzene rings is 4. The van der Waals surface area contributed by atoms with Crippen LogP contribution in [0.25, 0.3) is 10.8 Å². The Bertz CT molecular complexity index is 1090. The summed E-state index contributed by atoms with van der Waals surface area (Å²) in [5, 5.41) is 6.49. The number of nitrogens with one attached hydrogen (secondary N) is 1. The standard InChI is InChI=1S/C24H19FN2O/c25-20-11-13-21(14-12-20)27-26-16-23-22-9-5-4-8-19(22)10-15-24(23)28-17-18-6-2-1-3-7-18/h1-16,27H,17H2. The summed E-state index contributed by atoms with van der Waals surface area (Å²) in [6, 6.07) is 28.2. The third kappa shape index (κ3) is 4.18. The minimum atomic E-state index is -0.278. The van der Waals surface area contributed by atoms with Crippen molar-refractivity contribution in [2.24, 2.45) is 5.10 Å². The summed E-state index contributed by atoms with van der Waals surface area (Å²) in [5.74, 6) is 0.479. The summed E-state index contributed by atoms with van der Waals surface area (Å²) in [4.78, 5) is 0. The molecule has 0 aromatic heterocycles. The first-order valence-electron chi connectivity index (χ1n) is 9.03. The Morgan fingerprint density at radius 3 is 2.39 bits per heavy atom. The van der Waals surface area contributed by atoms with Crippen molar-refractivity contribution in [3.8, 4) is 5.75 Å². The molecule has 4 rings (SSSR count). The maximum Gasteiger partial charge on any atom is 0.129 e. The van der Waals surface area contributed by atoms with Crippen LogP contribution in [-0.4, -0.2) is 6.21 Å². The van der Waals surface area contributed by atoms with Gasteiger partial charge < -0.3 is 4.74 Å². The lowest BCUT2D eigenvalue weighted by molar-refractivity contribution is 0.306. The molecule has 0 bridgehead atoms. The molecule has 0 saturated heterocycles. The lowest BCUT2D eigenvalue weighted by Gasteiger charge is -2.12. The lowest BCUT2D eigenvalue weighted by atomic mass is 10.0. The summed E-state index contributed by atoms with van der Waals surface area (Å²) in [6.07, 6.45) is 1.74. The second kappa shape index (κ2) is 8.35. The van der Waals surface area contributed by atoms with Gasteiger partial charge in [0.05, 0.1) is 11.9 Å². The Balaban J connectivity index is 1.61. The zero-order chi connectivity index (χ0) is 19.2. The molecular weight excluding hydrogens is 351 g/mol. The van der Waals surface area contributed by atoms with Crippen molar-refractivity contribution in [1.82, 2.24) is 0 Å². The Morgan fingerprint density at radius 2 is 1.57 bits per heavy atom. The average molecular weight is 370 g/mol. The van der Waals surface area contributed by atoms with E-state index >= 15 is 0 Å². The van der Waals surface area contributed by atoms with Crippen molar-refractivity contribution in [3.63, 3.8) is 0 Å². The van der Waals surface area contributed by atoms with Crippen LogP contribution in [-0.2, 0) is 6.61 Å². The van der Waals surface area contributed by atoms with Crippen LogP contribution in [0.2, 0.25) is 0 Å². The van der Waals surface area contributed by atoms with Gasteiger partial charge in [0.15, 0.2) is 0 Å². The maximum atomic E-state index is 13.0. The van der Waals surface area contributed by atoms with Crippen LogP contribution in [0.5, 0.6) is 5.75 Å². The minimum absolute atomic E-state index is 0.278. The first kappa shape index (κ1) is 17.7. The number of hydrazone groups is 1. The fraction of sp³-hybridized carbons (Fsp3) is 0.0417. The minimum Gasteiger partial charge on any atom is -0.488 e. The van der Waals surface area contributed by atoms with Crippen LogP contribution in [0.4, 0.5) is 10.1 Å². The number of hydrogen-bond donors (Lipinski definition) is 1. The van der Waals surface area contributed by atoms with Gasteiger partial charge in [-0.3, -0.25) is 5.43 Å². The monoisotopic (exact) mass is 370 g/mol. The molecule has 0 heterocycles. The zero-order valence-electron chi connectivity index (χ0n) is 15.2. The summed E-state index contributed by atoms with van der Waals surface area (Å²) >= 11 is 0. The molecule has 0 aliphatic rings.